The van der Waals surface area contributed by atoms with Crippen LogP contribution in [0, 0.1) is 11.6 Å². The van der Waals surface area contributed by atoms with Gasteiger partial charge in [0.15, 0.2) is 11.6 Å². The number of pyridine rings is 1. The zero-order chi connectivity index (χ0) is 20.7. The minimum absolute atomic E-state index is 0.234. The molecule has 4 N–H and O–H groups in total. The van der Waals surface area contributed by atoms with Gasteiger partial charge in [-0.2, -0.15) is 0 Å². The van der Waals surface area contributed by atoms with E-state index in [2.05, 4.69) is 25.6 Å². The molecule has 1 saturated heterocycles. The number of hydrogen-bond acceptors (Lipinski definition) is 4. The molecule has 4 aromatic rings. The Bertz CT molecular complexity index is 1260. The van der Waals surface area contributed by atoms with E-state index >= 15 is 0 Å². The van der Waals surface area contributed by atoms with Crippen molar-refractivity contribution in [1.29, 1.82) is 0 Å². The van der Waals surface area contributed by atoms with Crippen molar-refractivity contribution in [3.05, 3.63) is 58.4 Å². The van der Waals surface area contributed by atoms with E-state index in [4.69, 9.17) is 0 Å². The first-order valence-corrected chi connectivity index (χ1v) is 10.1. The molecule has 1 aliphatic rings. The Hall–Kier alpha value is -3.26. The number of nitrogens with one attached hydrogen (secondary N) is 4. The molecule has 5 rings (SSSR count). The third-order valence-electron chi connectivity index (χ3n) is 5.62. The standard InChI is InChI=1S/C22H21F2N5O/c23-14-9-13-18(10-15(14)24)29-22(30)19(20(13)26-11-12-5-3-4-8-25-12)21-27-16-6-1-2-7-17(16)28-21/h1-2,6-7,9-10,12,25H,3-5,8,11H2,(H,27,28)(H2,26,29,30). The highest BCUT2D eigenvalue weighted by Crippen LogP contribution is 2.32. The molecule has 0 aliphatic carbocycles. The zero-order valence-electron chi connectivity index (χ0n) is 16.2. The van der Waals surface area contributed by atoms with Crippen molar-refractivity contribution in [2.75, 3.05) is 18.4 Å². The molecule has 0 bridgehead atoms. The number of piperidine rings is 1. The molecule has 1 fully saturated rings. The van der Waals surface area contributed by atoms with E-state index in [0.29, 0.717) is 23.4 Å². The molecular weight excluding hydrogens is 388 g/mol. The second kappa shape index (κ2) is 7.53. The first kappa shape index (κ1) is 18.7. The fourth-order valence-electron chi connectivity index (χ4n) is 4.09. The normalized spacial score (nSPS) is 16.9. The number of nitrogens with zero attached hydrogens (tertiary/aromatic N) is 1. The maximum atomic E-state index is 14.1. The van der Waals surface area contributed by atoms with E-state index in [0.717, 1.165) is 49.0 Å². The number of benzene rings is 2. The largest absolute Gasteiger partial charge is 0.382 e. The molecule has 1 aliphatic heterocycles. The van der Waals surface area contributed by atoms with Crippen molar-refractivity contribution in [3.8, 4) is 11.4 Å². The van der Waals surface area contributed by atoms with Crippen LogP contribution in [0.1, 0.15) is 19.3 Å². The highest BCUT2D eigenvalue weighted by molar-refractivity contribution is 5.99. The molecular formula is C22H21F2N5O. The fraction of sp³-hybridized carbons (Fsp3) is 0.273. The molecule has 30 heavy (non-hydrogen) atoms. The Morgan fingerprint density at radius 2 is 1.90 bits per heavy atom. The van der Waals surface area contributed by atoms with Crippen LogP contribution in [0.25, 0.3) is 33.3 Å². The van der Waals surface area contributed by atoms with Gasteiger partial charge in [0.2, 0.25) is 0 Å². The van der Waals surface area contributed by atoms with Crippen LogP contribution < -0.4 is 16.2 Å². The summed E-state index contributed by atoms with van der Waals surface area (Å²) >= 11 is 0. The average Bonchev–Trinajstić information content (AvgIpc) is 3.17. The second-order valence-corrected chi connectivity index (χ2v) is 7.65. The van der Waals surface area contributed by atoms with Crippen LogP contribution in [-0.4, -0.2) is 34.1 Å². The quantitative estimate of drug-likeness (QED) is 0.412. The van der Waals surface area contributed by atoms with E-state index in [1.165, 1.54) is 0 Å². The summed E-state index contributed by atoms with van der Waals surface area (Å²) in [6.07, 6.45) is 3.28. The number of imidazole rings is 1. The Labute approximate surface area is 170 Å². The average molecular weight is 409 g/mol. The minimum atomic E-state index is -1.01. The van der Waals surface area contributed by atoms with Crippen LogP contribution in [0.5, 0.6) is 0 Å². The van der Waals surface area contributed by atoms with E-state index < -0.39 is 17.2 Å². The van der Waals surface area contributed by atoms with Crippen molar-refractivity contribution < 1.29 is 8.78 Å². The van der Waals surface area contributed by atoms with Crippen LogP contribution in [0.4, 0.5) is 14.5 Å². The van der Waals surface area contributed by atoms with Crippen molar-refractivity contribution in [3.63, 3.8) is 0 Å². The summed E-state index contributed by atoms with van der Waals surface area (Å²) in [6, 6.07) is 9.82. The Balaban J connectivity index is 1.68. The van der Waals surface area contributed by atoms with Gasteiger partial charge in [-0.3, -0.25) is 4.79 Å². The molecule has 0 amide bonds. The molecule has 3 heterocycles. The molecule has 154 valence electrons. The predicted molar refractivity (Wildman–Crippen MR) is 114 cm³/mol. The molecule has 6 nitrogen and oxygen atoms in total. The van der Waals surface area contributed by atoms with Crippen LogP contribution in [0.15, 0.2) is 41.2 Å². The number of aromatic amines is 2. The number of fused-ring (bicyclic) bond motifs is 2. The maximum Gasteiger partial charge on any atom is 0.261 e. The topological polar surface area (TPSA) is 85.6 Å². The summed E-state index contributed by atoms with van der Waals surface area (Å²) in [6.45, 7) is 1.50. The lowest BCUT2D eigenvalue weighted by Crippen LogP contribution is -2.39. The molecule has 1 unspecified atom stereocenters. The van der Waals surface area contributed by atoms with Crippen LogP contribution in [0.3, 0.4) is 0 Å². The van der Waals surface area contributed by atoms with E-state index in [9.17, 15) is 13.6 Å². The number of anilines is 1. The first-order chi connectivity index (χ1) is 14.6. The van der Waals surface area contributed by atoms with Crippen molar-refractivity contribution >= 4 is 27.6 Å². The van der Waals surface area contributed by atoms with Gasteiger partial charge in [-0.15, -0.1) is 0 Å². The van der Waals surface area contributed by atoms with Gasteiger partial charge >= 0.3 is 0 Å². The number of H-pyrrole nitrogens is 2. The summed E-state index contributed by atoms with van der Waals surface area (Å²) in [5, 5.41) is 7.17. The lowest BCUT2D eigenvalue weighted by molar-refractivity contribution is 0.414. The monoisotopic (exact) mass is 409 g/mol. The summed E-state index contributed by atoms with van der Waals surface area (Å²) in [7, 11) is 0. The van der Waals surface area contributed by atoms with Gasteiger partial charge in [-0.1, -0.05) is 18.6 Å². The van der Waals surface area contributed by atoms with Crippen molar-refractivity contribution in [2.24, 2.45) is 0 Å². The van der Waals surface area contributed by atoms with E-state index in [1.807, 2.05) is 24.3 Å². The molecule has 0 spiro atoms. The predicted octanol–water partition coefficient (Wildman–Crippen LogP) is 3.90. The maximum absolute atomic E-state index is 14.1. The van der Waals surface area contributed by atoms with E-state index in [-0.39, 0.29) is 17.1 Å². The zero-order valence-corrected chi connectivity index (χ0v) is 16.2. The minimum Gasteiger partial charge on any atom is -0.382 e. The molecule has 1 atom stereocenters. The molecule has 8 heteroatoms. The summed E-state index contributed by atoms with van der Waals surface area (Å²) in [4.78, 5) is 23.4. The molecule has 0 radical (unpaired) electrons. The van der Waals surface area contributed by atoms with Gasteiger partial charge in [-0.25, -0.2) is 13.8 Å². The van der Waals surface area contributed by atoms with Crippen LogP contribution in [0.2, 0.25) is 0 Å². The summed E-state index contributed by atoms with van der Waals surface area (Å²) < 4.78 is 27.9. The van der Waals surface area contributed by atoms with Gasteiger partial charge in [-0.05, 0) is 37.6 Å². The first-order valence-electron chi connectivity index (χ1n) is 10.1. The fourth-order valence-corrected chi connectivity index (χ4v) is 4.09. The molecule has 2 aromatic heterocycles. The Morgan fingerprint density at radius 3 is 2.70 bits per heavy atom. The van der Waals surface area contributed by atoms with Gasteiger partial charge in [0.1, 0.15) is 11.4 Å². The Morgan fingerprint density at radius 1 is 1.07 bits per heavy atom. The van der Waals surface area contributed by atoms with Crippen LogP contribution >= 0.6 is 0 Å². The van der Waals surface area contributed by atoms with Crippen molar-refractivity contribution in [1.82, 2.24) is 20.3 Å². The number of rotatable bonds is 4. The smallest absolute Gasteiger partial charge is 0.261 e. The van der Waals surface area contributed by atoms with Gasteiger partial charge in [0, 0.05) is 24.0 Å². The van der Waals surface area contributed by atoms with Gasteiger partial charge < -0.3 is 20.6 Å². The van der Waals surface area contributed by atoms with Crippen LogP contribution in [-0.2, 0) is 0 Å². The number of aromatic nitrogens is 3. The number of halogens is 2. The van der Waals surface area contributed by atoms with E-state index in [1.54, 1.807) is 0 Å². The highest BCUT2D eigenvalue weighted by Gasteiger charge is 2.21. The molecule has 0 saturated carbocycles. The third-order valence-corrected chi connectivity index (χ3v) is 5.62. The number of hydrogen-bond donors (Lipinski definition) is 4. The van der Waals surface area contributed by atoms with Crippen molar-refractivity contribution in [2.45, 2.75) is 25.3 Å². The number of para-hydroxylation sites is 2. The Kier molecular flexibility index (Phi) is 4.71. The summed E-state index contributed by atoms with van der Waals surface area (Å²) in [5.74, 6) is -1.60. The SMILES string of the molecule is O=c1[nH]c2cc(F)c(F)cc2c(NCC2CCCCN2)c1-c1nc2ccccc2[nH]1. The lowest BCUT2D eigenvalue weighted by Gasteiger charge is -2.25. The lowest BCUT2D eigenvalue weighted by atomic mass is 10.0. The van der Waals surface area contributed by atoms with Gasteiger partial charge in [0.25, 0.3) is 5.56 Å². The highest BCUT2D eigenvalue weighted by atomic mass is 19.2. The van der Waals surface area contributed by atoms with Gasteiger partial charge in [0.05, 0.1) is 22.2 Å². The second-order valence-electron chi connectivity index (χ2n) is 7.65. The third kappa shape index (κ3) is 3.33. The summed E-state index contributed by atoms with van der Waals surface area (Å²) in [5.41, 5.74) is 2.04. The molecule has 2 aromatic carbocycles.